The van der Waals surface area contributed by atoms with Crippen molar-refractivity contribution in [2.45, 2.75) is 410 Å². The van der Waals surface area contributed by atoms with Gasteiger partial charge in [-0.2, -0.15) is 0 Å². The lowest BCUT2D eigenvalue weighted by atomic mass is 9.99. The number of rotatable bonds is 68. The van der Waals surface area contributed by atoms with Crippen LogP contribution in [0.3, 0.4) is 0 Å². The van der Waals surface area contributed by atoms with Crippen molar-refractivity contribution in [3.05, 3.63) is 60.8 Å². The zero-order valence-electron chi connectivity index (χ0n) is 58.6. The summed E-state index contributed by atoms with van der Waals surface area (Å²) in [5, 5.41) is 54.5. The van der Waals surface area contributed by atoms with Gasteiger partial charge in [0.2, 0.25) is 5.91 Å². The zero-order valence-corrected chi connectivity index (χ0v) is 58.6. The van der Waals surface area contributed by atoms with E-state index in [1.54, 1.807) is 6.08 Å². The lowest BCUT2D eigenvalue weighted by Crippen LogP contribution is -2.60. The van der Waals surface area contributed by atoms with Gasteiger partial charge in [0.15, 0.2) is 6.29 Å². The Morgan fingerprint density at radius 1 is 0.411 bits per heavy atom. The van der Waals surface area contributed by atoms with Crippen LogP contribution < -0.4 is 5.32 Å². The predicted octanol–water partition coefficient (Wildman–Crippen LogP) is 20.5. The number of hydrogen-bond acceptors (Lipinski definition) is 10. The van der Waals surface area contributed by atoms with Gasteiger partial charge in [0.1, 0.15) is 24.4 Å². The summed E-state index contributed by atoms with van der Waals surface area (Å²) in [7, 11) is 0. The van der Waals surface area contributed by atoms with Crippen LogP contribution in [-0.4, -0.2) is 100 Å². The summed E-state index contributed by atoms with van der Waals surface area (Å²) in [5.74, 6) is -0.186. The molecule has 7 unspecified atom stereocenters. The van der Waals surface area contributed by atoms with Crippen molar-refractivity contribution in [3.8, 4) is 0 Å². The molecule has 6 N–H and O–H groups in total. The van der Waals surface area contributed by atoms with Crippen LogP contribution in [0.15, 0.2) is 60.8 Å². The summed E-state index contributed by atoms with van der Waals surface area (Å²) in [4.78, 5) is 25.1. The van der Waals surface area contributed by atoms with Crippen LogP contribution in [0.25, 0.3) is 0 Å². The monoisotopic (exact) mass is 1270 g/mol. The summed E-state index contributed by atoms with van der Waals surface area (Å²) in [6.07, 6.45) is 81.0. The maximum Gasteiger partial charge on any atom is 0.305 e. The molecule has 1 aliphatic rings. The minimum atomic E-state index is -1.58. The molecule has 0 saturated carbocycles. The van der Waals surface area contributed by atoms with Crippen molar-refractivity contribution in [2.24, 2.45) is 0 Å². The quantitative estimate of drug-likeness (QED) is 0.0195. The van der Waals surface area contributed by atoms with E-state index in [1.165, 1.54) is 276 Å². The molecule has 0 radical (unpaired) electrons. The van der Waals surface area contributed by atoms with Gasteiger partial charge in [-0.25, -0.2) is 0 Å². The van der Waals surface area contributed by atoms with Gasteiger partial charge in [0.25, 0.3) is 0 Å². The second-order valence-corrected chi connectivity index (χ2v) is 26.7. The third kappa shape index (κ3) is 55.8. The minimum Gasteiger partial charge on any atom is -0.466 e. The molecule has 0 aliphatic carbocycles. The van der Waals surface area contributed by atoms with Crippen molar-refractivity contribution in [1.82, 2.24) is 5.32 Å². The van der Waals surface area contributed by atoms with Gasteiger partial charge in [-0.3, -0.25) is 9.59 Å². The number of hydrogen-bond donors (Lipinski definition) is 6. The molecule has 526 valence electrons. The normalized spacial score (nSPS) is 18.0. The molecular weight excluding hydrogens is 1120 g/mol. The average molecular weight is 1270 g/mol. The molecule has 0 aromatic rings. The molecule has 90 heavy (non-hydrogen) atoms. The number of aliphatic hydroxyl groups is 5. The largest absolute Gasteiger partial charge is 0.466 e. The molecule has 0 aromatic heterocycles. The van der Waals surface area contributed by atoms with E-state index in [0.29, 0.717) is 19.4 Å². The maximum atomic E-state index is 13.1. The lowest BCUT2D eigenvalue weighted by molar-refractivity contribution is -0.302. The standard InChI is InChI=1S/C79H145NO10/c1-3-5-7-9-11-13-15-16-42-46-49-53-57-61-65-72(82)71(70-89-79-78(87)77(86)76(85)73(69-81)90-79)80-74(83)66-62-58-54-50-47-43-40-38-36-34-32-30-28-26-24-22-20-18-17-19-21-23-25-27-29-31-33-35-37-39-41-44-48-52-56-60-64-68-88-75(84)67-63-59-55-51-45-14-12-10-8-6-4-2/h10,12,17,19,23,25,46,49,61,65,71-73,76-79,81-82,85-87H,3-9,11,13-16,18,20-22,24,26-45,47-48,50-60,62-64,66-70H2,1-2H3,(H,80,83)/b12-10-,19-17-,25-23-,49-46+,65-61+. The van der Waals surface area contributed by atoms with Crippen molar-refractivity contribution in [2.75, 3.05) is 19.8 Å². The van der Waals surface area contributed by atoms with E-state index in [4.69, 9.17) is 14.2 Å². The molecule has 0 aromatic carbocycles. The summed E-state index contributed by atoms with van der Waals surface area (Å²) in [5.41, 5.74) is 0. The zero-order chi connectivity index (χ0) is 65.1. The fourth-order valence-corrected chi connectivity index (χ4v) is 12.0. The fraction of sp³-hybridized carbons (Fsp3) is 0.848. The Balaban J connectivity index is 1.95. The van der Waals surface area contributed by atoms with E-state index in [9.17, 15) is 35.1 Å². The molecule has 0 bridgehead atoms. The number of nitrogens with one attached hydrogen (secondary N) is 1. The number of ether oxygens (including phenoxy) is 3. The van der Waals surface area contributed by atoms with Gasteiger partial charge >= 0.3 is 5.97 Å². The highest BCUT2D eigenvalue weighted by molar-refractivity contribution is 5.76. The molecule has 1 saturated heterocycles. The molecule has 1 amide bonds. The molecule has 7 atom stereocenters. The molecule has 1 fully saturated rings. The van der Waals surface area contributed by atoms with E-state index >= 15 is 0 Å². The number of esters is 1. The number of allylic oxidation sites excluding steroid dienone is 9. The number of carbonyl (C=O) groups is 2. The van der Waals surface area contributed by atoms with Gasteiger partial charge in [-0.15, -0.1) is 0 Å². The second-order valence-electron chi connectivity index (χ2n) is 26.7. The highest BCUT2D eigenvalue weighted by atomic mass is 16.7. The van der Waals surface area contributed by atoms with Crippen LogP contribution in [0.4, 0.5) is 0 Å². The number of amides is 1. The average Bonchev–Trinajstić information content (AvgIpc) is 1.02. The first-order valence-electron chi connectivity index (χ1n) is 38.6. The van der Waals surface area contributed by atoms with E-state index < -0.39 is 49.5 Å². The van der Waals surface area contributed by atoms with Crippen molar-refractivity contribution >= 4 is 11.9 Å². The SMILES string of the molecule is CCCC/C=C\CCCCCCCC(=O)OCCCCCCCCCCCCCCC/C=C\C/C=C\CCCCCCCCCCCCCCCCCCCC(=O)NC(COC1OC(CO)C(O)C(O)C1O)C(O)/C=C/CC/C=C/CCCCCCCCCC. The van der Waals surface area contributed by atoms with Crippen LogP contribution >= 0.6 is 0 Å². The van der Waals surface area contributed by atoms with E-state index in [2.05, 4.69) is 67.8 Å². The molecule has 11 heteroatoms. The topological polar surface area (TPSA) is 175 Å². The van der Waals surface area contributed by atoms with E-state index in [0.717, 1.165) is 64.2 Å². The summed E-state index contributed by atoms with van der Waals surface area (Å²) >= 11 is 0. The molecule has 1 rings (SSSR count). The lowest BCUT2D eigenvalue weighted by Gasteiger charge is -2.40. The fourth-order valence-electron chi connectivity index (χ4n) is 12.0. The predicted molar refractivity (Wildman–Crippen MR) is 380 cm³/mol. The Hall–Kier alpha value is -2.64. The number of aliphatic hydroxyl groups excluding tert-OH is 5. The van der Waals surface area contributed by atoms with Crippen LogP contribution in [0, 0.1) is 0 Å². The van der Waals surface area contributed by atoms with Crippen molar-refractivity contribution in [3.63, 3.8) is 0 Å². The van der Waals surface area contributed by atoms with Gasteiger partial charge in [0.05, 0.1) is 32.0 Å². The second kappa shape index (κ2) is 67.8. The first kappa shape index (κ1) is 85.4. The summed E-state index contributed by atoms with van der Waals surface area (Å²) < 4.78 is 16.7. The highest BCUT2D eigenvalue weighted by Crippen LogP contribution is 2.23. The molecule has 11 nitrogen and oxygen atoms in total. The minimum absolute atomic E-state index is 0.00123. The van der Waals surface area contributed by atoms with Gasteiger partial charge in [-0.1, -0.05) is 319 Å². The van der Waals surface area contributed by atoms with Crippen LogP contribution in [0.5, 0.6) is 0 Å². The van der Waals surface area contributed by atoms with Crippen molar-refractivity contribution in [1.29, 1.82) is 0 Å². The van der Waals surface area contributed by atoms with Gasteiger partial charge in [0, 0.05) is 12.8 Å². The third-order valence-electron chi connectivity index (χ3n) is 18.1. The summed E-state index contributed by atoms with van der Waals surface area (Å²) in [6, 6.07) is -0.827. The molecule has 1 heterocycles. The van der Waals surface area contributed by atoms with E-state index in [-0.39, 0.29) is 18.5 Å². The summed E-state index contributed by atoms with van der Waals surface area (Å²) in [6.45, 7) is 4.32. The van der Waals surface area contributed by atoms with Gasteiger partial charge < -0.3 is 45.1 Å². The Kier molecular flexibility index (Phi) is 64.3. The first-order chi connectivity index (χ1) is 44.2. The smallest absolute Gasteiger partial charge is 0.305 e. The Morgan fingerprint density at radius 3 is 1.20 bits per heavy atom. The van der Waals surface area contributed by atoms with Crippen LogP contribution in [0.2, 0.25) is 0 Å². The highest BCUT2D eigenvalue weighted by Gasteiger charge is 2.44. The van der Waals surface area contributed by atoms with Crippen molar-refractivity contribution < 1.29 is 49.3 Å². The van der Waals surface area contributed by atoms with E-state index in [1.807, 2.05) is 6.08 Å². The number of unbranched alkanes of at least 4 members (excludes halogenated alkanes) is 46. The molecule has 1 aliphatic heterocycles. The van der Waals surface area contributed by atoms with Gasteiger partial charge in [-0.05, 0) is 96.3 Å². The first-order valence-corrected chi connectivity index (χ1v) is 38.6. The Bertz CT molecular complexity index is 1680. The maximum absolute atomic E-state index is 13.1. The number of carbonyl (C=O) groups excluding carboxylic acids is 2. The Labute approximate surface area is 554 Å². The molecule has 0 spiro atoms. The third-order valence-corrected chi connectivity index (χ3v) is 18.1. The van der Waals surface area contributed by atoms with Crippen LogP contribution in [0.1, 0.15) is 367 Å². The Morgan fingerprint density at radius 2 is 0.767 bits per heavy atom. The molecular formula is C79H145NO10. The van der Waals surface area contributed by atoms with Crippen LogP contribution in [-0.2, 0) is 23.8 Å².